The van der Waals surface area contributed by atoms with Crippen LogP contribution in [-0.2, 0) is 34.2 Å². The number of amides is 1. The molecule has 2 heterocycles. The maximum absolute atomic E-state index is 12.7. The maximum Gasteiger partial charge on any atom is 0.228 e. The second-order valence-electron chi connectivity index (χ2n) is 7.71. The molecule has 0 fully saturated rings. The lowest BCUT2D eigenvalue weighted by atomic mass is 9.98. The number of hydrogen-bond acceptors (Lipinski definition) is 4. The summed E-state index contributed by atoms with van der Waals surface area (Å²) in [7, 11) is -3.23. The minimum Gasteiger partial charge on any atom is -0.464 e. The molecule has 4 rings (SSSR count). The molecular formula is C22H24N2O4S. The van der Waals surface area contributed by atoms with Crippen molar-refractivity contribution < 1.29 is 17.6 Å². The fraction of sp³-hybridized carbons (Fsp3) is 0.318. The highest BCUT2D eigenvalue weighted by molar-refractivity contribution is 7.88. The summed E-state index contributed by atoms with van der Waals surface area (Å²) < 4.78 is 30.8. The Labute approximate surface area is 170 Å². The molecule has 0 unspecified atom stereocenters. The SMILES string of the molecule is Cc1cc2occ(CC(=O)Nc3cccc4c3CCN(S(C)(=O)=O)C4)c2cc1C. The molecular weight excluding hydrogens is 388 g/mol. The van der Waals surface area contributed by atoms with Gasteiger partial charge in [-0.05, 0) is 60.7 Å². The van der Waals surface area contributed by atoms with Crippen molar-refractivity contribution in [2.75, 3.05) is 18.1 Å². The zero-order chi connectivity index (χ0) is 20.8. The lowest BCUT2D eigenvalue weighted by Gasteiger charge is -2.28. The molecule has 0 bridgehead atoms. The molecule has 2 aromatic carbocycles. The van der Waals surface area contributed by atoms with E-state index in [2.05, 4.69) is 11.4 Å². The zero-order valence-corrected chi connectivity index (χ0v) is 17.6. The van der Waals surface area contributed by atoms with Crippen LogP contribution in [0.3, 0.4) is 0 Å². The highest BCUT2D eigenvalue weighted by Crippen LogP contribution is 2.28. The Balaban J connectivity index is 1.54. The lowest BCUT2D eigenvalue weighted by molar-refractivity contribution is -0.115. The molecule has 1 aliphatic heterocycles. The minimum absolute atomic E-state index is 0.120. The number of benzene rings is 2. The summed E-state index contributed by atoms with van der Waals surface area (Å²) in [5.41, 5.74) is 6.64. The van der Waals surface area contributed by atoms with Gasteiger partial charge in [-0.15, -0.1) is 0 Å². The van der Waals surface area contributed by atoms with Gasteiger partial charge in [-0.25, -0.2) is 8.42 Å². The van der Waals surface area contributed by atoms with E-state index in [-0.39, 0.29) is 12.3 Å². The van der Waals surface area contributed by atoms with Crippen LogP contribution in [0.4, 0.5) is 5.69 Å². The van der Waals surface area contributed by atoms with Gasteiger partial charge >= 0.3 is 0 Å². The van der Waals surface area contributed by atoms with Crippen LogP contribution in [0.2, 0.25) is 0 Å². The first-order chi connectivity index (χ1) is 13.7. The standard InChI is InChI=1S/C22H24N2O4S/c1-14-9-19-17(13-28-21(19)10-15(14)2)11-22(25)23-20-6-4-5-16-12-24(29(3,26)27)8-7-18(16)20/h4-6,9-10,13H,7-8,11-12H2,1-3H3,(H,23,25). The predicted octanol–water partition coefficient (Wildman–Crippen LogP) is 3.55. The third-order valence-corrected chi connectivity index (χ3v) is 6.84. The largest absolute Gasteiger partial charge is 0.464 e. The highest BCUT2D eigenvalue weighted by Gasteiger charge is 2.25. The molecule has 6 nitrogen and oxygen atoms in total. The van der Waals surface area contributed by atoms with Crippen LogP contribution in [0.1, 0.15) is 27.8 Å². The first-order valence-corrected chi connectivity index (χ1v) is 11.4. The number of carbonyl (C=O) groups is 1. The van der Waals surface area contributed by atoms with Gasteiger partial charge in [-0.2, -0.15) is 4.31 Å². The van der Waals surface area contributed by atoms with Crippen molar-refractivity contribution in [2.45, 2.75) is 33.2 Å². The van der Waals surface area contributed by atoms with Crippen LogP contribution in [0.15, 0.2) is 41.0 Å². The highest BCUT2D eigenvalue weighted by atomic mass is 32.2. The number of aryl methyl sites for hydroxylation is 2. The van der Waals surface area contributed by atoms with Gasteiger partial charge < -0.3 is 9.73 Å². The van der Waals surface area contributed by atoms with E-state index in [0.29, 0.717) is 19.5 Å². The minimum atomic E-state index is -3.23. The van der Waals surface area contributed by atoms with Crippen molar-refractivity contribution in [3.05, 3.63) is 64.4 Å². The molecule has 0 saturated carbocycles. The van der Waals surface area contributed by atoms with E-state index >= 15 is 0 Å². The average Bonchev–Trinajstić information content (AvgIpc) is 3.02. The van der Waals surface area contributed by atoms with E-state index in [1.165, 1.54) is 10.6 Å². The van der Waals surface area contributed by atoms with E-state index < -0.39 is 10.0 Å². The van der Waals surface area contributed by atoms with E-state index in [4.69, 9.17) is 4.42 Å². The molecule has 29 heavy (non-hydrogen) atoms. The molecule has 152 valence electrons. The Kier molecular flexibility index (Phi) is 4.96. The third-order valence-electron chi connectivity index (χ3n) is 5.60. The fourth-order valence-corrected chi connectivity index (χ4v) is 4.62. The van der Waals surface area contributed by atoms with E-state index in [1.807, 2.05) is 38.1 Å². The Bertz CT molecular complexity index is 1210. The van der Waals surface area contributed by atoms with Gasteiger partial charge in [0.15, 0.2) is 0 Å². The van der Waals surface area contributed by atoms with Crippen molar-refractivity contribution in [1.82, 2.24) is 4.31 Å². The number of nitrogens with zero attached hydrogens (tertiary/aromatic N) is 1. The summed E-state index contributed by atoms with van der Waals surface area (Å²) in [6, 6.07) is 9.68. The van der Waals surface area contributed by atoms with Crippen LogP contribution < -0.4 is 5.32 Å². The Morgan fingerprint density at radius 3 is 2.72 bits per heavy atom. The van der Waals surface area contributed by atoms with Crippen LogP contribution in [0.5, 0.6) is 0 Å². The van der Waals surface area contributed by atoms with Crippen LogP contribution >= 0.6 is 0 Å². The van der Waals surface area contributed by atoms with Crippen LogP contribution in [0, 0.1) is 13.8 Å². The molecule has 1 N–H and O–H groups in total. The van der Waals surface area contributed by atoms with Gasteiger partial charge in [-0.1, -0.05) is 12.1 Å². The molecule has 0 spiro atoms. The summed E-state index contributed by atoms with van der Waals surface area (Å²) in [4.78, 5) is 12.7. The Hall–Kier alpha value is -2.64. The molecule has 1 aromatic heterocycles. The first-order valence-electron chi connectivity index (χ1n) is 9.55. The summed E-state index contributed by atoms with van der Waals surface area (Å²) in [6.07, 6.45) is 3.66. The van der Waals surface area contributed by atoms with E-state index in [0.717, 1.165) is 44.5 Å². The molecule has 7 heteroatoms. The van der Waals surface area contributed by atoms with Crippen molar-refractivity contribution >= 4 is 32.6 Å². The van der Waals surface area contributed by atoms with Crippen molar-refractivity contribution in [3.63, 3.8) is 0 Å². The second kappa shape index (κ2) is 7.31. The number of rotatable bonds is 4. The molecule has 0 saturated heterocycles. The maximum atomic E-state index is 12.7. The smallest absolute Gasteiger partial charge is 0.228 e. The topological polar surface area (TPSA) is 79.6 Å². The van der Waals surface area contributed by atoms with Gasteiger partial charge in [0.1, 0.15) is 5.58 Å². The zero-order valence-electron chi connectivity index (χ0n) is 16.8. The fourth-order valence-electron chi connectivity index (χ4n) is 3.82. The third kappa shape index (κ3) is 3.93. The normalized spacial score (nSPS) is 14.7. The van der Waals surface area contributed by atoms with Gasteiger partial charge in [0.2, 0.25) is 15.9 Å². The lowest BCUT2D eigenvalue weighted by Crippen LogP contribution is -2.35. The summed E-state index contributed by atoms with van der Waals surface area (Å²) in [5.74, 6) is -0.120. The van der Waals surface area contributed by atoms with Crippen molar-refractivity contribution in [3.8, 4) is 0 Å². The van der Waals surface area contributed by atoms with Crippen molar-refractivity contribution in [2.24, 2.45) is 0 Å². The van der Waals surface area contributed by atoms with Gasteiger partial charge in [0.25, 0.3) is 0 Å². The second-order valence-corrected chi connectivity index (χ2v) is 9.69. The molecule has 0 aliphatic carbocycles. The number of anilines is 1. The van der Waals surface area contributed by atoms with Crippen molar-refractivity contribution in [1.29, 1.82) is 0 Å². The first kappa shape index (κ1) is 19.7. The van der Waals surface area contributed by atoms with Crippen LogP contribution in [-0.4, -0.2) is 31.4 Å². The number of sulfonamides is 1. The number of hydrogen-bond donors (Lipinski definition) is 1. The average molecular weight is 413 g/mol. The van der Waals surface area contributed by atoms with E-state index in [9.17, 15) is 13.2 Å². The number of fused-ring (bicyclic) bond motifs is 2. The molecule has 3 aromatic rings. The quantitative estimate of drug-likeness (QED) is 0.711. The summed E-state index contributed by atoms with van der Waals surface area (Å²) in [5, 5.41) is 3.96. The Morgan fingerprint density at radius 2 is 1.97 bits per heavy atom. The summed E-state index contributed by atoms with van der Waals surface area (Å²) >= 11 is 0. The number of carbonyl (C=O) groups excluding carboxylic acids is 1. The monoisotopic (exact) mass is 412 g/mol. The number of nitrogens with one attached hydrogen (secondary N) is 1. The van der Waals surface area contributed by atoms with Gasteiger partial charge in [0.05, 0.1) is 18.9 Å². The number of furan rings is 1. The summed E-state index contributed by atoms with van der Waals surface area (Å²) in [6.45, 7) is 4.83. The van der Waals surface area contributed by atoms with Crippen LogP contribution in [0.25, 0.3) is 11.0 Å². The molecule has 1 amide bonds. The van der Waals surface area contributed by atoms with Gasteiger partial charge in [0, 0.05) is 29.7 Å². The predicted molar refractivity (Wildman–Crippen MR) is 113 cm³/mol. The molecule has 1 aliphatic rings. The molecule has 0 atom stereocenters. The van der Waals surface area contributed by atoms with E-state index in [1.54, 1.807) is 6.26 Å². The van der Waals surface area contributed by atoms with Gasteiger partial charge in [-0.3, -0.25) is 4.79 Å². The Morgan fingerprint density at radius 1 is 1.21 bits per heavy atom. The molecule has 0 radical (unpaired) electrons.